The molecular weight excluding hydrogens is 299 g/mol. The van der Waals surface area contributed by atoms with Gasteiger partial charge in [-0.05, 0) is 25.0 Å². The molecule has 0 spiro atoms. The molecule has 0 bridgehead atoms. The number of amides is 1. The molecule has 1 aliphatic heterocycles. The maximum Gasteiger partial charge on any atom is 0.240 e. The minimum absolute atomic E-state index is 0.315. The summed E-state index contributed by atoms with van der Waals surface area (Å²) in [7, 11) is 0. The predicted octanol–water partition coefficient (Wildman–Crippen LogP) is 2.39. The van der Waals surface area contributed by atoms with Gasteiger partial charge < -0.3 is 10.6 Å². The van der Waals surface area contributed by atoms with E-state index in [1.165, 1.54) is 0 Å². The molecule has 0 aliphatic carbocycles. The Bertz CT molecular complexity index is 691. The Balaban J connectivity index is 2.04. The van der Waals surface area contributed by atoms with Gasteiger partial charge in [0.15, 0.2) is 0 Å². The topological polar surface area (TPSA) is 72.1 Å². The summed E-state index contributed by atoms with van der Waals surface area (Å²) in [4.78, 5) is 22.2. The SMILES string of the molecule is NC(=O)C1CCCN1c1cnc2cc(Cl)c(Cl)cc2n1. The first kappa shape index (κ1) is 13.4. The van der Waals surface area contributed by atoms with Crippen molar-refractivity contribution in [3.63, 3.8) is 0 Å². The van der Waals surface area contributed by atoms with Crippen molar-refractivity contribution in [3.05, 3.63) is 28.4 Å². The van der Waals surface area contributed by atoms with Crippen LogP contribution in [0.5, 0.6) is 0 Å². The second-order valence-corrected chi connectivity index (χ2v) is 5.55. The smallest absolute Gasteiger partial charge is 0.240 e. The third-order valence-corrected chi connectivity index (χ3v) is 4.17. The van der Waals surface area contributed by atoms with Gasteiger partial charge in [0, 0.05) is 6.54 Å². The molecule has 7 heteroatoms. The van der Waals surface area contributed by atoms with Crippen LogP contribution < -0.4 is 10.6 Å². The molecule has 5 nitrogen and oxygen atoms in total. The third kappa shape index (κ3) is 2.27. The normalized spacial score (nSPS) is 18.7. The van der Waals surface area contributed by atoms with Crippen LogP contribution in [0.2, 0.25) is 10.0 Å². The van der Waals surface area contributed by atoms with Gasteiger partial charge in [-0.2, -0.15) is 0 Å². The molecule has 20 heavy (non-hydrogen) atoms. The monoisotopic (exact) mass is 310 g/mol. The Morgan fingerprint density at radius 2 is 2.00 bits per heavy atom. The maximum atomic E-state index is 11.4. The Morgan fingerprint density at radius 3 is 2.70 bits per heavy atom. The number of rotatable bonds is 2. The molecule has 0 radical (unpaired) electrons. The zero-order valence-corrected chi connectivity index (χ0v) is 12.0. The Labute approximate surface area is 125 Å². The Hall–Kier alpha value is -1.59. The number of carbonyl (C=O) groups excluding carboxylic acids is 1. The van der Waals surface area contributed by atoms with E-state index < -0.39 is 0 Å². The van der Waals surface area contributed by atoms with Crippen molar-refractivity contribution in [2.45, 2.75) is 18.9 Å². The van der Waals surface area contributed by atoms with Crippen LogP contribution in [0.1, 0.15) is 12.8 Å². The highest BCUT2D eigenvalue weighted by atomic mass is 35.5. The summed E-state index contributed by atoms with van der Waals surface area (Å²) in [6.07, 6.45) is 3.29. The average Bonchev–Trinajstić information content (AvgIpc) is 2.89. The number of hydrogen-bond acceptors (Lipinski definition) is 4. The van der Waals surface area contributed by atoms with Crippen LogP contribution >= 0.6 is 23.2 Å². The molecule has 1 fully saturated rings. The predicted molar refractivity (Wildman–Crippen MR) is 79.1 cm³/mol. The number of halogens is 2. The second-order valence-electron chi connectivity index (χ2n) is 4.74. The van der Waals surface area contributed by atoms with E-state index in [0.717, 1.165) is 19.4 Å². The van der Waals surface area contributed by atoms with E-state index >= 15 is 0 Å². The van der Waals surface area contributed by atoms with Crippen LogP contribution in [0, 0.1) is 0 Å². The zero-order chi connectivity index (χ0) is 14.3. The highest BCUT2D eigenvalue weighted by Gasteiger charge is 2.30. The lowest BCUT2D eigenvalue weighted by Gasteiger charge is -2.23. The molecule has 3 rings (SSSR count). The lowest BCUT2D eigenvalue weighted by molar-refractivity contribution is -0.119. The van der Waals surface area contributed by atoms with Crippen LogP contribution in [0.25, 0.3) is 11.0 Å². The van der Waals surface area contributed by atoms with Gasteiger partial charge >= 0.3 is 0 Å². The summed E-state index contributed by atoms with van der Waals surface area (Å²) in [6, 6.07) is 3.03. The highest BCUT2D eigenvalue weighted by molar-refractivity contribution is 6.42. The molecule has 2 aromatic rings. The summed E-state index contributed by atoms with van der Waals surface area (Å²) < 4.78 is 0. The molecule has 104 valence electrons. The van der Waals surface area contributed by atoms with Crippen molar-refractivity contribution >= 4 is 46.0 Å². The van der Waals surface area contributed by atoms with Gasteiger partial charge in [-0.25, -0.2) is 4.98 Å². The molecule has 2 N–H and O–H groups in total. The standard InChI is InChI=1S/C13H12Cl2N4O/c14-7-4-9-10(5-8(7)15)18-12(6-17-9)19-3-1-2-11(19)13(16)20/h4-6,11H,1-3H2,(H2,16,20). The molecule has 1 amide bonds. The lowest BCUT2D eigenvalue weighted by atomic mass is 10.2. The summed E-state index contributed by atoms with van der Waals surface area (Å²) >= 11 is 11.9. The van der Waals surface area contributed by atoms with E-state index in [1.54, 1.807) is 18.3 Å². The number of nitrogens with zero attached hydrogens (tertiary/aromatic N) is 3. The van der Waals surface area contributed by atoms with E-state index in [2.05, 4.69) is 9.97 Å². The van der Waals surface area contributed by atoms with E-state index in [9.17, 15) is 4.79 Å². The molecule has 1 saturated heterocycles. The van der Waals surface area contributed by atoms with Gasteiger partial charge in [0.05, 0.1) is 27.3 Å². The molecule has 0 saturated carbocycles. The zero-order valence-electron chi connectivity index (χ0n) is 10.5. The second kappa shape index (κ2) is 5.07. The van der Waals surface area contributed by atoms with Gasteiger partial charge in [-0.1, -0.05) is 23.2 Å². The number of nitrogens with two attached hydrogens (primary N) is 1. The molecule has 1 aromatic heterocycles. The quantitative estimate of drug-likeness (QED) is 0.924. The van der Waals surface area contributed by atoms with Crippen molar-refractivity contribution in [1.29, 1.82) is 0 Å². The summed E-state index contributed by atoms with van der Waals surface area (Å²) in [5.74, 6) is 0.302. The van der Waals surface area contributed by atoms with Crippen molar-refractivity contribution in [3.8, 4) is 0 Å². The van der Waals surface area contributed by atoms with Gasteiger partial charge in [0.1, 0.15) is 11.9 Å². The van der Waals surface area contributed by atoms with Crippen LogP contribution in [-0.2, 0) is 4.79 Å². The minimum Gasteiger partial charge on any atom is -0.368 e. The molecule has 1 atom stereocenters. The number of primary amides is 1. The maximum absolute atomic E-state index is 11.4. The fourth-order valence-electron chi connectivity index (χ4n) is 2.47. The van der Waals surface area contributed by atoms with E-state index in [4.69, 9.17) is 28.9 Å². The fourth-order valence-corrected chi connectivity index (χ4v) is 2.79. The lowest BCUT2D eigenvalue weighted by Crippen LogP contribution is -2.40. The Morgan fingerprint density at radius 1 is 1.30 bits per heavy atom. The van der Waals surface area contributed by atoms with E-state index in [-0.39, 0.29) is 11.9 Å². The van der Waals surface area contributed by atoms with Crippen molar-refractivity contribution < 1.29 is 4.79 Å². The van der Waals surface area contributed by atoms with Gasteiger partial charge in [0.25, 0.3) is 0 Å². The fraction of sp³-hybridized carbons (Fsp3) is 0.308. The molecule has 1 aromatic carbocycles. The number of benzene rings is 1. The van der Waals surface area contributed by atoms with E-state index in [1.807, 2.05) is 4.90 Å². The molecule has 1 unspecified atom stereocenters. The van der Waals surface area contributed by atoms with Gasteiger partial charge in [-0.15, -0.1) is 0 Å². The van der Waals surface area contributed by atoms with Gasteiger partial charge in [-0.3, -0.25) is 9.78 Å². The van der Waals surface area contributed by atoms with Gasteiger partial charge in [0.2, 0.25) is 5.91 Å². The minimum atomic E-state index is -0.335. The van der Waals surface area contributed by atoms with Crippen LogP contribution in [0.15, 0.2) is 18.3 Å². The number of anilines is 1. The molecular formula is C13H12Cl2N4O. The number of fused-ring (bicyclic) bond motifs is 1. The van der Waals surface area contributed by atoms with Crippen molar-refractivity contribution in [1.82, 2.24) is 9.97 Å². The average molecular weight is 311 g/mol. The number of aromatic nitrogens is 2. The first-order valence-electron chi connectivity index (χ1n) is 6.24. The molecule has 1 aliphatic rings. The Kier molecular flexibility index (Phi) is 3.40. The largest absolute Gasteiger partial charge is 0.368 e. The summed E-state index contributed by atoms with van der Waals surface area (Å²) in [5, 5.41) is 0.871. The number of carbonyl (C=O) groups is 1. The third-order valence-electron chi connectivity index (χ3n) is 3.45. The first-order valence-corrected chi connectivity index (χ1v) is 6.99. The van der Waals surface area contributed by atoms with Crippen molar-refractivity contribution in [2.24, 2.45) is 5.73 Å². The van der Waals surface area contributed by atoms with Crippen molar-refractivity contribution in [2.75, 3.05) is 11.4 Å². The van der Waals surface area contributed by atoms with Crippen LogP contribution in [0.4, 0.5) is 5.82 Å². The first-order chi connectivity index (χ1) is 9.56. The summed E-state index contributed by atoms with van der Waals surface area (Å²) in [6.45, 7) is 0.745. The van der Waals surface area contributed by atoms with Crippen LogP contribution in [0.3, 0.4) is 0 Å². The highest BCUT2D eigenvalue weighted by Crippen LogP contribution is 2.29. The molecule has 2 heterocycles. The van der Waals surface area contributed by atoms with E-state index in [0.29, 0.717) is 26.9 Å². The summed E-state index contributed by atoms with van der Waals surface area (Å²) in [5.41, 5.74) is 6.72. The van der Waals surface area contributed by atoms with Crippen LogP contribution in [-0.4, -0.2) is 28.5 Å². The number of hydrogen-bond donors (Lipinski definition) is 1.